The number of anilines is 2. The van der Waals surface area contributed by atoms with Gasteiger partial charge >= 0.3 is 0 Å². The lowest BCUT2D eigenvalue weighted by Gasteiger charge is -2.36. The lowest BCUT2D eigenvalue weighted by atomic mass is 10.2. The SMILES string of the molecule is CCNc1ncc(C(=O)N2CCN(c3ccccc3F)CC2)s1. The van der Waals surface area contributed by atoms with E-state index in [-0.39, 0.29) is 11.7 Å². The van der Waals surface area contributed by atoms with Crippen LogP contribution in [-0.4, -0.2) is 48.5 Å². The van der Waals surface area contributed by atoms with Gasteiger partial charge in [0.05, 0.1) is 11.9 Å². The van der Waals surface area contributed by atoms with Crippen LogP contribution >= 0.6 is 11.3 Å². The van der Waals surface area contributed by atoms with Crippen LogP contribution in [0.2, 0.25) is 0 Å². The van der Waals surface area contributed by atoms with E-state index in [0.717, 1.165) is 11.7 Å². The Bertz CT molecular complexity index is 682. The van der Waals surface area contributed by atoms with Crippen LogP contribution in [-0.2, 0) is 0 Å². The highest BCUT2D eigenvalue weighted by atomic mass is 32.1. The van der Waals surface area contributed by atoms with Gasteiger partial charge in [0.25, 0.3) is 5.91 Å². The molecule has 1 fully saturated rings. The highest BCUT2D eigenvalue weighted by Gasteiger charge is 2.24. The molecule has 1 saturated heterocycles. The Balaban J connectivity index is 1.62. The molecule has 7 heteroatoms. The Hall–Kier alpha value is -2.15. The molecule has 1 aromatic heterocycles. The van der Waals surface area contributed by atoms with Crippen molar-refractivity contribution in [1.29, 1.82) is 0 Å². The average Bonchev–Trinajstić information content (AvgIpc) is 3.04. The van der Waals surface area contributed by atoms with Crippen LogP contribution in [0.1, 0.15) is 16.6 Å². The highest BCUT2D eigenvalue weighted by molar-refractivity contribution is 7.17. The summed E-state index contributed by atoms with van der Waals surface area (Å²) in [6.45, 7) is 5.20. The van der Waals surface area contributed by atoms with Gasteiger partial charge in [0.1, 0.15) is 10.7 Å². The smallest absolute Gasteiger partial charge is 0.265 e. The Morgan fingerprint density at radius 2 is 2.04 bits per heavy atom. The predicted octanol–water partition coefficient (Wildman–Crippen LogP) is 2.68. The van der Waals surface area contributed by atoms with E-state index in [9.17, 15) is 9.18 Å². The fourth-order valence-electron chi connectivity index (χ4n) is 2.62. The molecular weight excluding hydrogens is 315 g/mol. The van der Waals surface area contributed by atoms with Gasteiger partial charge in [-0.2, -0.15) is 0 Å². The van der Waals surface area contributed by atoms with E-state index in [1.165, 1.54) is 17.4 Å². The van der Waals surface area contributed by atoms with Crippen LogP contribution < -0.4 is 10.2 Å². The minimum atomic E-state index is -0.218. The van der Waals surface area contributed by atoms with Crippen molar-refractivity contribution in [2.45, 2.75) is 6.92 Å². The van der Waals surface area contributed by atoms with Crippen LogP contribution in [0.3, 0.4) is 0 Å². The molecule has 2 aromatic rings. The van der Waals surface area contributed by atoms with Gasteiger partial charge in [-0.05, 0) is 19.1 Å². The molecule has 0 radical (unpaired) electrons. The topological polar surface area (TPSA) is 48.5 Å². The number of carbonyl (C=O) groups excluding carboxylic acids is 1. The zero-order valence-electron chi connectivity index (χ0n) is 13.0. The minimum Gasteiger partial charge on any atom is -0.366 e. The number of rotatable bonds is 4. The highest BCUT2D eigenvalue weighted by Crippen LogP contribution is 2.23. The summed E-state index contributed by atoms with van der Waals surface area (Å²) in [5.74, 6) is -0.218. The molecule has 1 N–H and O–H groups in total. The van der Waals surface area contributed by atoms with Crippen LogP contribution in [0.4, 0.5) is 15.2 Å². The molecule has 23 heavy (non-hydrogen) atoms. The zero-order valence-corrected chi connectivity index (χ0v) is 13.8. The van der Waals surface area contributed by atoms with E-state index in [2.05, 4.69) is 10.3 Å². The molecular formula is C16H19FN4OS. The van der Waals surface area contributed by atoms with Crippen molar-refractivity contribution in [2.24, 2.45) is 0 Å². The molecule has 0 aliphatic carbocycles. The molecule has 3 rings (SSSR count). The van der Waals surface area contributed by atoms with Crippen molar-refractivity contribution >= 4 is 28.1 Å². The molecule has 0 bridgehead atoms. The maximum atomic E-state index is 13.8. The molecule has 0 spiro atoms. The molecule has 0 saturated carbocycles. The molecule has 1 amide bonds. The van der Waals surface area contributed by atoms with Gasteiger partial charge in [0.15, 0.2) is 5.13 Å². The van der Waals surface area contributed by atoms with Crippen molar-refractivity contribution in [2.75, 3.05) is 42.9 Å². The summed E-state index contributed by atoms with van der Waals surface area (Å²) in [7, 11) is 0. The molecule has 0 atom stereocenters. The number of hydrogen-bond acceptors (Lipinski definition) is 5. The second kappa shape index (κ2) is 6.95. The molecule has 122 valence electrons. The first-order chi connectivity index (χ1) is 11.2. The number of carbonyl (C=O) groups is 1. The first kappa shape index (κ1) is 15.7. The number of para-hydroxylation sites is 1. The van der Waals surface area contributed by atoms with Gasteiger partial charge in [-0.15, -0.1) is 0 Å². The normalized spacial score (nSPS) is 14.9. The van der Waals surface area contributed by atoms with E-state index in [0.29, 0.717) is 36.7 Å². The second-order valence-corrected chi connectivity index (χ2v) is 6.32. The number of hydrogen-bond donors (Lipinski definition) is 1. The van der Waals surface area contributed by atoms with Crippen LogP contribution in [0.15, 0.2) is 30.5 Å². The fraction of sp³-hybridized carbons (Fsp3) is 0.375. The zero-order chi connectivity index (χ0) is 16.2. The van der Waals surface area contributed by atoms with Gasteiger partial charge in [-0.25, -0.2) is 9.37 Å². The van der Waals surface area contributed by atoms with E-state index >= 15 is 0 Å². The average molecular weight is 334 g/mol. The lowest BCUT2D eigenvalue weighted by Crippen LogP contribution is -2.48. The Morgan fingerprint density at radius 1 is 1.30 bits per heavy atom. The van der Waals surface area contributed by atoms with Crippen molar-refractivity contribution in [3.63, 3.8) is 0 Å². The quantitative estimate of drug-likeness (QED) is 0.934. The molecule has 5 nitrogen and oxygen atoms in total. The number of thiazole rings is 1. The fourth-order valence-corrected chi connectivity index (χ4v) is 3.47. The summed E-state index contributed by atoms with van der Waals surface area (Å²) >= 11 is 1.37. The van der Waals surface area contributed by atoms with Crippen LogP contribution in [0.25, 0.3) is 0 Å². The molecule has 1 aliphatic heterocycles. The number of halogens is 1. The summed E-state index contributed by atoms with van der Waals surface area (Å²) in [5.41, 5.74) is 0.604. The Kier molecular flexibility index (Phi) is 4.76. The third-order valence-corrected chi connectivity index (χ3v) is 4.75. The third-order valence-electron chi connectivity index (χ3n) is 3.80. The summed E-state index contributed by atoms with van der Waals surface area (Å²) < 4.78 is 13.8. The maximum absolute atomic E-state index is 13.8. The lowest BCUT2D eigenvalue weighted by molar-refractivity contribution is 0.0751. The molecule has 1 aliphatic rings. The van der Waals surface area contributed by atoms with E-state index in [1.54, 1.807) is 23.2 Å². The number of nitrogens with zero attached hydrogens (tertiary/aromatic N) is 3. The largest absolute Gasteiger partial charge is 0.366 e. The van der Waals surface area contributed by atoms with Crippen LogP contribution in [0.5, 0.6) is 0 Å². The Labute approximate surface area is 138 Å². The number of benzene rings is 1. The van der Waals surface area contributed by atoms with Crippen molar-refractivity contribution in [3.8, 4) is 0 Å². The molecule has 0 unspecified atom stereocenters. The summed E-state index contributed by atoms with van der Waals surface area (Å²) in [4.78, 5) is 21.1. The first-order valence-corrected chi connectivity index (χ1v) is 8.49. The van der Waals surface area contributed by atoms with Gasteiger partial charge in [0, 0.05) is 32.7 Å². The Morgan fingerprint density at radius 3 is 2.74 bits per heavy atom. The van der Waals surface area contributed by atoms with E-state index in [4.69, 9.17) is 0 Å². The summed E-state index contributed by atoms with van der Waals surface area (Å²) in [5, 5.41) is 3.87. The summed E-state index contributed by atoms with van der Waals surface area (Å²) in [6, 6.07) is 6.75. The monoisotopic (exact) mass is 334 g/mol. The number of aromatic nitrogens is 1. The van der Waals surface area contributed by atoms with Crippen molar-refractivity contribution in [1.82, 2.24) is 9.88 Å². The number of nitrogens with one attached hydrogen (secondary N) is 1. The predicted molar refractivity (Wildman–Crippen MR) is 90.8 cm³/mol. The first-order valence-electron chi connectivity index (χ1n) is 7.67. The minimum absolute atomic E-state index is 0.000151. The van der Waals surface area contributed by atoms with Crippen molar-refractivity contribution in [3.05, 3.63) is 41.2 Å². The van der Waals surface area contributed by atoms with Crippen LogP contribution in [0, 0.1) is 5.82 Å². The van der Waals surface area contributed by atoms with Gasteiger partial charge in [0.2, 0.25) is 0 Å². The standard InChI is InChI=1S/C16H19FN4OS/c1-2-18-16-19-11-14(23-16)15(22)21-9-7-20(8-10-21)13-6-4-3-5-12(13)17/h3-6,11H,2,7-10H2,1H3,(H,18,19). The van der Waals surface area contributed by atoms with Gasteiger partial charge in [-0.1, -0.05) is 23.5 Å². The summed E-state index contributed by atoms with van der Waals surface area (Å²) in [6.07, 6.45) is 1.62. The van der Waals surface area contributed by atoms with Gasteiger partial charge < -0.3 is 15.1 Å². The number of amides is 1. The molecule has 1 aromatic carbocycles. The number of piperazine rings is 1. The van der Waals surface area contributed by atoms with Crippen molar-refractivity contribution < 1.29 is 9.18 Å². The van der Waals surface area contributed by atoms with E-state index in [1.807, 2.05) is 17.9 Å². The third kappa shape index (κ3) is 3.44. The maximum Gasteiger partial charge on any atom is 0.265 e. The molecule has 2 heterocycles. The van der Waals surface area contributed by atoms with E-state index < -0.39 is 0 Å². The second-order valence-electron chi connectivity index (χ2n) is 5.29. The van der Waals surface area contributed by atoms with Gasteiger partial charge in [-0.3, -0.25) is 4.79 Å².